The van der Waals surface area contributed by atoms with Crippen LogP contribution >= 0.6 is 15.9 Å². The molecule has 1 heterocycles. The summed E-state index contributed by atoms with van der Waals surface area (Å²) in [6.07, 6.45) is -4.23. The van der Waals surface area contributed by atoms with Crippen molar-refractivity contribution in [1.82, 2.24) is 0 Å². The molecule has 4 nitrogen and oxygen atoms in total. The zero-order valence-electron chi connectivity index (χ0n) is 14.7. The molecular formula is C19H18BrF3N2O2. The highest BCUT2D eigenvalue weighted by Gasteiger charge is 2.35. The van der Waals surface area contributed by atoms with E-state index in [0.717, 1.165) is 15.7 Å². The Morgan fingerprint density at radius 1 is 1.26 bits per heavy atom. The highest BCUT2D eigenvalue weighted by Crippen LogP contribution is 2.42. The molecule has 2 aromatic rings. The molecule has 0 radical (unpaired) electrons. The Kier molecular flexibility index (Phi) is 5.37. The van der Waals surface area contributed by atoms with Crippen molar-refractivity contribution in [2.75, 3.05) is 10.2 Å². The van der Waals surface area contributed by atoms with E-state index in [1.54, 1.807) is 17.0 Å². The van der Waals surface area contributed by atoms with Gasteiger partial charge in [0.05, 0.1) is 11.7 Å². The largest absolute Gasteiger partial charge is 0.573 e. The maximum Gasteiger partial charge on any atom is 0.573 e. The number of anilines is 2. The fourth-order valence-corrected chi connectivity index (χ4v) is 3.82. The molecular weight excluding hydrogens is 425 g/mol. The van der Waals surface area contributed by atoms with Crippen LogP contribution in [0.15, 0.2) is 46.9 Å². The van der Waals surface area contributed by atoms with E-state index in [9.17, 15) is 18.0 Å². The van der Waals surface area contributed by atoms with Gasteiger partial charge in [-0.3, -0.25) is 4.79 Å². The Bertz CT molecular complexity index is 857. The predicted octanol–water partition coefficient (Wildman–Crippen LogP) is 5.65. The van der Waals surface area contributed by atoms with Crippen LogP contribution in [0.1, 0.15) is 31.9 Å². The minimum atomic E-state index is -4.77. The lowest BCUT2D eigenvalue weighted by Gasteiger charge is -2.39. The maximum atomic E-state index is 12.7. The first-order chi connectivity index (χ1) is 12.7. The number of rotatable bonds is 3. The van der Waals surface area contributed by atoms with Gasteiger partial charge in [0.2, 0.25) is 5.91 Å². The van der Waals surface area contributed by atoms with Crippen LogP contribution in [0.25, 0.3) is 0 Å². The third-order valence-corrected chi connectivity index (χ3v) is 4.92. The van der Waals surface area contributed by atoms with Crippen molar-refractivity contribution in [3.05, 3.63) is 52.5 Å². The summed E-state index contributed by atoms with van der Waals surface area (Å²) in [5.74, 6) is -0.367. The minimum Gasteiger partial charge on any atom is -0.404 e. The Labute approximate surface area is 163 Å². The standard InChI is InChI=1S/C19H18BrF3N2O2/c1-11-9-16(14-10-13(20)7-8-17(14)25(11)12(2)26)24-15-5-3-4-6-18(15)27-19(21,22)23/h3-8,10-11,16,24H,9H2,1-2H3. The molecule has 0 spiro atoms. The quantitative estimate of drug-likeness (QED) is 0.667. The second-order valence-corrected chi connectivity index (χ2v) is 7.33. The van der Waals surface area contributed by atoms with Gasteiger partial charge in [0.25, 0.3) is 0 Å². The van der Waals surface area contributed by atoms with Gasteiger partial charge in [-0.2, -0.15) is 0 Å². The Morgan fingerprint density at radius 3 is 2.63 bits per heavy atom. The number of nitrogens with one attached hydrogen (secondary N) is 1. The Hall–Kier alpha value is -2.22. The van der Waals surface area contributed by atoms with E-state index >= 15 is 0 Å². The molecule has 1 N–H and O–H groups in total. The number of nitrogens with zero attached hydrogens (tertiary/aromatic N) is 1. The molecule has 2 unspecified atom stereocenters. The lowest BCUT2D eigenvalue weighted by Crippen LogP contribution is -2.43. The van der Waals surface area contributed by atoms with Gasteiger partial charge in [-0.25, -0.2) is 0 Å². The number of halogens is 4. The number of fused-ring (bicyclic) bond motifs is 1. The first-order valence-corrected chi connectivity index (χ1v) is 9.15. The molecule has 1 aliphatic rings. The molecule has 3 rings (SSSR count). The molecule has 144 valence electrons. The van der Waals surface area contributed by atoms with E-state index in [4.69, 9.17) is 0 Å². The number of carbonyl (C=O) groups is 1. The zero-order chi connectivity index (χ0) is 19.8. The van der Waals surface area contributed by atoms with Gasteiger partial charge in [-0.1, -0.05) is 28.1 Å². The number of hydrogen-bond donors (Lipinski definition) is 1. The van der Waals surface area contributed by atoms with E-state index < -0.39 is 6.36 Å². The first-order valence-electron chi connectivity index (χ1n) is 8.36. The van der Waals surface area contributed by atoms with Crippen molar-refractivity contribution >= 4 is 33.2 Å². The van der Waals surface area contributed by atoms with E-state index in [0.29, 0.717) is 6.42 Å². The number of para-hydroxylation sites is 2. The molecule has 1 aliphatic heterocycles. The second-order valence-electron chi connectivity index (χ2n) is 6.42. The zero-order valence-corrected chi connectivity index (χ0v) is 16.3. The molecule has 2 atom stereocenters. The Balaban J connectivity index is 1.98. The molecule has 2 aromatic carbocycles. The average molecular weight is 443 g/mol. The normalized spacial score (nSPS) is 19.4. The van der Waals surface area contributed by atoms with Gasteiger partial charge in [0.15, 0.2) is 5.75 Å². The molecule has 0 bridgehead atoms. The van der Waals surface area contributed by atoms with Crippen LogP contribution < -0.4 is 15.0 Å². The summed E-state index contributed by atoms with van der Waals surface area (Å²) >= 11 is 3.42. The molecule has 0 saturated carbocycles. The van der Waals surface area contributed by atoms with E-state index in [1.807, 2.05) is 25.1 Å². The van der Waals surface area contributed by atoms with Gasteiger partial charge in [0.1, 0.15) is 0 Å². The van der Waals surface area contributed by atoms with Gasteiger partial charge in [-0.05, 0) is 49.2 Å². The summed E-state index contributed by atoms with van der Waals surface area (Å²) in [5, 5.41) is 3.16. The topological polar surface area (TPSA) is 41.6 Å². The van der Waals surface area contributed by atoms with Crippen molar-refractivity contribution in [3.8, 4) is 5.75 Å². The molecule has 0 saturated heterocycles. The van der Waals surface area contributed by atoms with Gasteiger partial charge in [0, 0.05) is 23.1 Å². The molecule has 1 amide bonds. The molecule has 8 heteroatoms. The number of ether oxygens (including phenoxy) is 1. The number of carbonyl (C=O) groups excluding carboxylic acids is 1. The lowest BCUT2D eigenvalue weighted by molar-refractivity contribution is -0.274. The van der Waals surface area contributed by atoms with Gasteiger partial charge < -0.3 is 15.0 Å². The summed E-state index contributed by atoms with van der Waals surface area (Å²) in [4.78, 5) is 13.8. The Morgan fingerprint density at radius 2 is 1.96 bits per heavy atom. The van der Waals surface area contributed by atoms with Crippen molar-refractivity contribution in [2.45, 2.75) is 38.7 Å². The van der Waals surface area contributed by atoms with E-state index in [1.165, 1.54) is 19.1 Å². The van der Waals surface area contributed by atoms with Crippen molar-refractivity contribution in [2.24, 2.45) is 0 Å². The van der Waals surface area contributed by atoms with Crippen LogP contribution in [0.3, 0.4) is 0 Å². The van der Waals surface area contributed by atoms with Crippen molar-refractivity contribution in [1.29, 1.82) is 0 Å². The highest BCUT2D eigenvalue weighted by atomic mass is 79.9. The minimum absolute atomic E-state index is 0.0784. The summed E-state index contributed by atoms with van der Waals surface area (Å²) in [6.45, 7) is 3.42. The van der Waals surface area contributed by atoms with Crippen molar-refractivity contribution in [3.63, 3.8) is 0 Å². The monoisotopic (exact) mass is 442 g/mol. The maximum absolute atomic E-state index is 12.7. The highest BCUT2D eigenvalue weighted by molar-refractivity contribution is 9.10. The summed E-state index contributed by atoms with van der Waals surface area (Å²) in [6, 6.07) is 11.1. The second kappa shape index (κ2) is 7.42. The summed E-state index contributed by atoms with van der Waals surface area (Å²) in [5.41, 5.74) is 1.82. The van der Waals surface area contributed by atoms with Gasteiger partial charge >= 0.3 is 6.36 Å². The number of alkyl halides is 3. The van der Waals surface area contributed by atoms with E-state index in [-0.39, 0.29) is 29.4 Å². The third kappa shape index (κ3) is 4.37. The van der Waals surface area contributed by atoms with Crippen molar-refractivity contribution < 1.29 is 22.7 Å². The fourth-order valence-electron chi connectivity index (χ4n) is 3.44. The molecule has 0 fully saturated rings. The lowest BCUT2D eigenvalue weighted by atomic mass is 9.91. The van der Waals surface area contributed by atoms with E-state index in [2.05, 4.69) is 26.0 Å². The van der Waals surface area contributed by atoms with Crippen LogP contribution in [0.4, 0.5) is 24.5 Å². The molecule has 0 aliphatic carbocycles. The van der Waals surface area contributed by atoms with Crippen LogP contribution in [-0.2, 0) is 4.79 Å². The number of amides is 1. The van der Waals surface area contributed by atoms with Gasteiger partial charge in [-0.15, -0.1) is 13.2 Å². The van der Waals surface area contributed by atoms with Crippen LogP contribution in [-0.4, -0.2) is 18.3 Å². The smallest absolute Gasteiger partial charge is 0.404 e. The third-order valence-electron chi connectivity index (χ3n) is 4.42. The van der Waals surface area contributed by atoms with Crippen LogP contribution in [0, 0.1) is 0 Å². The average Bonchev–Trinajstić information content (AvgIpc) is 2.55. The summed E-state index contributed by atoms with van der Waals surface area (Å²) < 4.78 is 43.0. The van der Waals surface area contributed by atoms with Crippen LogP contribution in [0.5, 0.6) is 5.75 Å². The SMILES string of the molecule is CC(=O)N1c2ccc(Br)cc2C(Nc2ccccc2OC(F)(F)F)CC1C. The fraction of sp³-hybridized carbons (Fsp3) is 0.316. The molecule has 27 heavy (non-hydrogen) atoms. The first kappa shape index (κ1) is 19.5. The number of hydrogen-bond acceptors (Lipinski definition) is 3. The van der Waals surface area contributed by atoms with Crippen LogP contribution in [0.2, 0.25) is 0 Å². The summed E-state index contributed by atoms with van der Waals surface area (Å²) in [7, 11) is 0. The number of benzene rings is 2. The molecule has 0 aromatic heterocycles. The predicted molar refractivity (Wildman–Crippen MR) is 101 cm³/mol.